The molecule has 0 aromatic carbocycles. The van der Waals surface area contributed by atoms with Gasteiger partial charge in [-0.15, -0.1) is 35.3 Å². The Morgan fingerprint density at radius 2 is 2.12 bits per heavy atom. The molecule has 0 radical (unpaired) electrons. The van der Waals surface area contributed by atoms with Gasteiger partial charge >= 0.3 is 0 Å². The minimum Gasteiger partial charge on any atom is -0.356 e. The number of guanidine groups is 1. The molecule has 148 valence electrons. The maximum absolute atomic E-state index is 4.55. The van der Waals surface area contributed by atoms with Crippen LogP contribution in [0.4, 0.5) is 0 Å². The number of halogens is 1. The normalized spacial score (nSPS) is 25.3. The molecule has 1 unspecified atom stereocenters. The Morgan fingerprint density at radius 3 is 2.69 bits per heavy atom. The first-order valence-corrected chi connectivity index (χ1v) is 10.4. The summed E-state index contributed by atoms with van der Waals surface area (Å²) in [7, 11) is 1.91. The van der Waals surface area contributed by atoms with Gasteiger partial charge in [-0.3, -0.25) is 9.89 Å². The zero-order valence-electron chi connectivity index (χ0n) is 16.9. The summed E-state index contributed by atoms with van der Waals surface area (Å²) in [5.41, 5.74) is 0.500. The third kappa shape index (κ3) is 4.55. The molecule has 0 aliphatic carbocycles. The molecule has 2 saturated heterocycles. The molecule has 0 spiro atoms. The Kier molecular flexibility index (Phi) is 7.41. The highest BCUT2D eigenvalue weighted by atomic mass is 127. The molecule has 26 heavy (non-hydrogen) atoms. The summed E-state index contributed by atoms with van der Waals surface area (Å²) in [6.07, 6.45) is 2.62. The maximum Gasteiger partial charge on any atom is 0.194 e. The number of likely N-dealkylation sites (tertiary alicyclic amines) is 2. The smallest absolute Gasteiger partial charge is 0.194 e. The summed E-state index contributed by atoms with van der Waals surface area (Å²) in [5, 5.41) is 5.84. The first kappa shape index (κ1) is 22.0. The third-order valence-corrected chi connectivity index (χ3v) is 7.32. The first-order chi connectivity index (χ1) is 11.8. The number of hydrogen-bond acceptors (Lipinski definition) is 3. The SMILES string of the molecule is CN=C(NCC1CCCN(Cc2cccs2)C1)N1CC(C)(C)C1(C)C.I. The number of aliphatic imine (C=N–C) groups is 1. The molecule has 3 rings (SSSR count). The zero-order chi connectivity index (χ0) is 18.1. The Labute approximate surface area is 180 Å². The van der Waals surface area contributed by atoms with E-state index in [0.29, 0.717) is 11.3 Å². The highest BCUT2D eigenvalue weighted by molar-refractivity contribution is 14.0. The van der Waals surface area contributed by atoms with Gasteiger partial charge in [0.1, 0.15) is 0 Å². The van der Waals surface area contributed by atoms with Crippen molar-refractivity contribution >= 4 is 41.3 Å². The summed E-state index contributed by atoms with van der Waals surface area (Å²) in [5.74, 6) is 1.78. The average molecular weight is 490 g/mol. The van der Waals surface area contributed by atoms with Gasteiger partial charge in [0.15, 0.2) is 5.96 Å². The minimum atomic E-state index is 0. The van der Waals surface area contributed by atoms with Crippen LogP contribution in [0, 0.1) is 11.3 Å². The van der Waals surface area contributed by atoms with E-state index in [1.165, 1.54) is 30.8 Å². The molecular weight excluding hydrogens is 455 g/mol. The van der Waals surface area contributed by atoms with Gasteiger partial charge in [0.25, 0.3) is 0 Å². The zero-order valence-corrected chi connectivity index (χ0v) is 20.1. The lowest BCUT2D eigenvalue weighted by Gasteiger charge is -2.62. The summed E-state index contributed by atoms with van der Waals surface area (Å²) in [6, 6.07) is 4.41. The van der Waals surface area contributed by atoms with E-state index < -0.39 is 0 Å². The third-order valence-electron chi connectivity index (χ3n) is 6.46. The standard InChI is InChI=1S/C20H34N4S.HI/c1-19(2)15-24(20(19,3)4)18(21-5)22-12-16-8-6-10-23(13-16)14-17-9-7-11-25-17;/h7,9,11,16H,6,8,10,12-15H2,1-5H3,(H,21,22);1H. The van der Waals surface area contributed by atoms with E-state index in [1.807, 2.05) is 18.4 Å². The molecular formula is C20H35IN4S. The number of nitrogens with one attached hydrogen (secondary N) is 1. The van der Waals surface area contributed by atoms with Crippen LogP contribution in [0.1, 0.15) is 45.4 Å². The van der Waals surface area contributed by atoms with E-state index in [0.717, 1.165) is 25.6 Å². The number of hydrogen-bond donors (Lipinski definition) is 1. The van der Waals surface area contributed by atoms with Crippen molar-refractivity contribution in [3.63, 3.8) is 0 Å². The van der Waals surface area contributed by atoms with E-state index in [2.05, 4.69) is 65.3 Å². The van der Waals surface area contributed by atoms with E-state index in [-0.39, 0.29) is 29.5 Å². The Hall–Kier alpha value is -0.340. The van der Waals surface area contributed by atoms with Gasteiger partial charge < -0.3 is 10.2 Å². The van der Waals surface area contributed by atoms with Crippen LogP contribution in [-0.4, -0.2) is 54.5 Å². The van der Waals surface area contributed by atoms with Gasteiger partial charge in [-0.2, -0.15) is 0 Å². The van der Waals surface area contributed by atoms with Gasteiger partial charge in [-0.1, -0.05) is 19.9 Å². The van der Waals surface area contributed by atoms with Gasteiger partial charge in [0, 0.05) is 49.1 Å². The number of rotatable bonds is 4. The highest BCUT2D eigenvalue weighted by Crippen LogP contribution is 2.46. The fourth-order valence-corrected chi connectivity index (χ4v) is 4.76. The maximum atomic E-state index is 4.55. The van der Waals surface area contributed by atoms with Crippen molar-refractivity contribution in [3.8, 4) is 0 Å². The summed E-state index contributed by atoms with van der Waals surface area (Å²) < 4.78 is 0. The molecule has 2 aliphatic rings. The Bertz CT molecular complexity index is 597. The van der Waals surface area contributed by atoms with Gasteiger partial charge in [0.05, 0.1) is 0 Å². The fraction of sp³-hybridized carbons (Fsp3) is 0.750. The van der Waals surface area contributed by atoms with Crippen molar-refractivity contribution in [2.45, 2.75) is 52.6 Å². The quantitative estimate of drug-likeness (QED) is 0.389. The van der Waals surface area contributed by atoms with Gasteiger partial charge in [-0.25, -0.2) is 0 Å². The second-order valence-corrected chi connectivity index (χ2v) is 9.81. The molecule has 1 N–H and O–H groups in total. The van der Waals surface area contributed by atoms with Crippen molar-refractivity contribution in [1.29, 1.82) is 0 Å². The van der Waals surface area contributed by atoms with Crippen molar-refractivity contribution < 1.29 is 0 Å². The first-order valence-electron chi connectivity index (χ1n) is 9.56. The average Bonchev–Trinajstić information content (AvgIpc) is 3.07. The molecule has 2 aliphatic heterocycles. The lowest BCUT2D eigenvalue weighted by atomic mass is 9.65. The monoisotopic (exact) mass is 490 g/mol. The number of nitrogens with zero attached hydrogens (tertiary/aromatic N) is 3. The van der Waals surface area contributed by atoms with E-state index in [9.17, 15) is 0 Å². The van der Waals surface area contributed by atoms with Crippen LogP contribution in [0.5, 0.6) is 0 Å². The second kappa shape index (κ2) is 8.78. The lowest BCUT2D eigenvalue weighted by Crippen LogP contribution is -2.72. The molecule has 4 nitrogen and oxygen atoms in total. The molecule has 1 atom stereocenters. The van der Waals surface area contributed by atoms with Crippen molar-refractivity contribution in [2.24, 2.45) is 16.3 Å². The predicted molar refractivity (Wildman–Crippen MR) is 124 cm³/mol. The van der Waals surface area contributed by atoms with E-state index in [1.54, 1.807) is 0 Å². The molecule has 1 aromatic rings. The summed E-state index contributed by atoms with van der Waals surface area (Å²) >= 11 is 1.87. The molecule has 1 aromatic heterocycles. The fourth-order valence-electron chi connectivity index (χ4n) is 4.02. The van der Waals surface area contributed by atoms with E-state index in [4.69, 9.17) is 0 Å². The molecule has 0 bridgehead atoms. The van der Waals surface area contributed by atoms with Crippen molar-refractivity contribution in [2.75, 3.05) is 33.2 Å². The van der Waals surface area contributed by atoms with Gasteiger partial charge in [0.2, 0.25) is 0 Å². The topological polar surface area (TPSA) is 30.9 Å². The number of thiophene rings is 1. The van der Waals surface area contributed by atoms with Crippen LogP contribution in [0.15, 0.2) is 22.5 Å². The van der Waals surface area contributed by atoms with Gasteiger partial charge in [-0.05, 0) is 50.6 Å². The predicted octanol–water partition coefficient (Wildman–Crippen LogP) is 4.27. The molecule has 0 amide bonds. The van der Waals surface area contributed by atoms with Crippen LogP contribution in [-0.2, 0) is 6.54 Å². The summed E-state index contributed by atoms with van der Waals surface area (Å²) in [6.45, 7) is 15.0. The van der Waals surface area contributed by atoms with Crippen molar-refractivity contribution in [3.05, 3.63) is 22.4 Å². The lowest BCUT2D eigenvalue weighted by molar-refractivity contribution is -0.0669. The van der Waals surface area contributed by atoms with Crippen LogP contribution in [0.25, 0.3) is 0 Å². The Balaban J connectivity index is 0.00000243. The van der Waals surface area contributed by atoms with Crippen LogP contribution in [0.3, 0.4) is 0 Å². The van der Waals surface area contributed by atoms with Crippen LogP contribution >= 0.6 is 35.3 Å². The van der Waals surface area contributed by atoms with E-state index >= 15 is 0 Å². The van der Waals surface area contributed by atoms with Crippen LogP contribution in [0.2, 0.25) is 0 Å². The molecule has 3 heterocycles. The minimum absolute atomic E-state index is 0. The molecule has 0 saturated carbocycles. The Morgan fingerprint density at radius 1 is 1.35 bits per heavy atom. The molecule has 6 heteroatoms. The van der Waals surface area contributed by atoms with Crippen LogP contribution < -0.4 is 5.32 Å². The van der Waals surface area contributed by atoms with Crippen molar-refractivity contribution in [1.82, 2.24) is 15.1 Å². The second-order valence-electron chi connectivity index (χ2n) is 8.78. The largest absolute Gasteiger partial charge is 0.356 e. The highest BCUT2D eigenvalue weighted by Gasteiger charge is 2.53. The molecule has 2 fully saturated rings. The number of piperidine rings is 1. The summed E-state index contributed by atoms with van der Waals surface area (Å²) in [4.78, 5) is 11.1.